The van der Waals surface area contributed by atoms with Gasteiger partial charge in [0.2, 0.25) is 0 Å². The van der Waals surface area contributed by atoms with Crippen molar-refractivity contribution in [3.63, 3.8) is 0 Å². The van der Waals surface area contributed by atoms with E-state index in [0.29, 0.717) is 0 Å². The molecule has 2 nitrogen and oxygen atoms in total. The first kappa shape index (κ1) is 9.89. The summed E-state index contributed by atoms with van der Waals surface area (Å²) in [7, 11) is 0. The summed E-state index contributed by atoms with van der Waals surface area (Å²) in [5.41, 5.74) is 5.49. The first-order chi connectivity index (χ1) is 8.42. The lowest BCUT2D eigenvalue weighted by Gasteiger charge is -2.11. The smallest absolute Gasteiger partial charge is 0.0934 e. The number of nitrogens with one attached hydrogen (secondary N) is 1. The van der Waals surface area contributed by atoms with Gasteiger partial charge in [-0.25, -0.2) is 0 Å². The predicted octanol–water partition coefficient (Wildman–Crippen LogP) is 3.89. The molecule has 88 valence electrons. The number of hydrogen-bond donors (Lipinski definition) is 1. The average molecular weight is 244 g/mol. The lowest BCUT2D eigenvalue weighted by Crippen LogP contribution is -1.99. The van der Waals surface area contributed by atoms with Crippen LogP contribution in [-0.4, -0.2) is 10.2 Å². The lowest BCUT2D eigenvalue weighted by molar-refractivity contribution is 0.698. The Morgan fingerprint density at radius 1 is 1.24 bits per heavy atom. The fourth-order valence-electron chi connectivity index (χ4n) is 2.79. The van der Waals surface area contributed by atoms with E-state index in [1.807, 2.05) is 11.3 Å². The van der Waals surface area contributed by atoms with Crippen molar-refractivity contribution in [3.05, 3.63) is 27.6 Å². The Labute approximate surface area is 105 Å². The molecule has 3 heteroatoms. The Kier molecular flexibility index (Phi) is 2.15. The molecule has 0 spiro atoms. The van der Waals surface area contributed by atoms with Crippen molar-refractivity contribution in [1.29, 1.82) is 0 Å². The van der Waals surface area contributed by atoms with Crippen LogP contribution in [0.1, 0.15) is 47.7 Å². The SMILES string of the molecule is c1c(-c2csc3c2CCCC3)n[nH]c1C1CC1. The van der Waals surface area contributed by atoms with Crippen LogP contribution in [0, 0.1) is 0 Å². The molecular formula is C14H16N2S. The molecular weight excluding hydrogens is 228 g/mol. The molecule has 0 atom stereocenters. The summed E-state index contributed by atoms with van der Waals surface area (Å²) in [6, 6.07) is 2.27. The van der Waals surface area contributed by atoms with Gasteiger partial charge in [0, 0.05) is 27.4 Å². The van der Waals surface area contributed by atoms with E-state index < -0.39 is 0 Å². The number of rotatable bonds is 2. The van der Waals surface area contributed by atoms with Gasteiger partial charge in [-0.15, -0.1) is 11.3 Å². The molecule has 1 N–H and O–H groups in total. The van der Waals surface area contributed by atoms with Crippen molar-refractivity contribution < 1.29 is 0 Å². The third-order valence-corrected chi connectivity index (χ3v) is 5.04. The molecule has 0 saturated heterocycles. The van der Waals surface area contributed by atoms with E-state index >= 15 is 0 Å². The summed E-state index contributed by atoms with van der Waals surface area (Å²) in [6.07, 6.45) is 7.91. The third kappa shape index (κ3) is 1.64. The van der Waals surface area contributed by atoms with Gasteiger partial charge in [-0.1, -0.05) is 0 Å². The maximum Gasteiger partial charge on any atom is 0.0934 e. The summed E-state index contributed by atoms with van der Waals surface area (Å²) in [5, 5.41) is 10.0. The van der Waals surface area contributed by atoms with E-state index in [-0.39, 0.29) is 0 Å². The van der Waals surface area contributed by atoms with Gasteiger partial charge in [0.25, 0.3) is 0 Å². The summed E-state index contributed by atoms with van der Waals surface area (Å²) >= 11 is 1.93. The first-order valence-electron chi connectivity index (χ1n) is 6.57. The molecule has 2 aliphatic carbocycles. The zero-order valence-electron chi connectivity index (χ0n) is 9.83. The second-order valence-corrected chi connectivity index (χ2v) is 6.21. The Morgan fingerprint density at radius 2 is 2.12 bits per heavy atom. The Morgan fingerprint density at radius 3 is 3.00 bits per heavy atom. The standard InChI is InChI=1S/C14H16N2S/c1-2-4-14-10(3-1)11(8-17-14)13-7-12(15-16-13)9-5-6-9/h7-9H,1-6H2,(H,15,16). The van der Waals surface area contributed by atoms with E-state index in [2.05, 4.69) is 21.6 Å². The molecule has 2 aromatic rings. The van der Waals surface area contributed by atoms with Gasteiger partial charge in [0.05, 0.1) is 5.69 Å². The lowest BCUT2D eigenvalue weighted by atomic mass is 9.95. The summed E-state index contributed by atoms with van der Waals surface area (Å²) in [4.78, 5) is 1.60. The van der Waals surface area contributed by atoms with Crippen LogP contribution in [0.4, 0.5) is 0 Å². The molecule has 2 aromatic heterocycles. The van der Waals surface area contributed by atoms with Gasteiger partial charge >= 0.3 is 0 Å². The number of thiophene rings is 1. The third-order valence-electron chi connectivity index (χ3n) is 3.95. The molecule has 2 aliphatic rings. The van der Waals surface area contributed by atoms with Crippen molar-refractivity contribution in [2.45, 2.75) is 44.4 Å². The molecule has 0 aliphatic heterocycles. The molecule has 2 heterocycles. The number of H-pyrrole nitrogens is 1. The minimum atomic E-state index is 0.769. The zero-order valence-corrected chi connectivity index (χ0v) is 10.6. The maximum absolute atomic E-state index is 4.51. The van der Waals surface area contributed by atoms with Gasteiger partial charge in [0.15, 0.2) is 0 Å². The average Bonchev–Trinajstić information content (AvgIpc) is 2.95. The second-order valence-electron chi connectivity index (χ2n) is 5.24. The van der Waals surface area contributed by atoms with E-state index in [1.54, 1.807) is 10.4 Å². The minimum absolute atomic E-state index is 0.769. The van der Waals surface area contributed by atoms with E-state index in [0.717, 1.165) is 5.92 Å². The molecule has 0 unspecified atom stereocenters. The molecule has 1 saturated carbocycles. The van der Waals surface area contributed by atoms with Crippen LogP contribution < -0.4 is 0 Å². The van der Waals surface area contributed by atoms with Crippen molar-refractivity contribution >= 4 is 11.3 Å². The quantitative estimate of drug-likeness (QED) is 0.853. The second kappa shape index (κ2) is 3.70. The van der Waals surface area contributed by atoms with Gasteiger partial charge in [-0.2, -0.15) is 5.10 Å². The number of hydrogen-bond acceptors (Lipinski definition) is 2. The normalized spacial score (nSPS) is 19.3. The summed E-state index contributed by atoms with van der Waals surface area (Å²) in [5.74, 6) is 0.769. The highest BCUT2D eigenvalue weighted by atomic mass is 32.1. The highest BCUT2D eigenvalue weighted by Gasteiger charge is 2.26. The number of aromatic amines is 1. The van der Waals surface area contributed by atoms with Gasteiger partial charge < -0.3 is 0 Å². The van der Waals surface area contributed by atoms with E-state index in [9.17, 15) is 0 Å². The van der Waals surface area contributed by atoms with E-state index in [4.69, 9.17) is 0 Å². The molecule has 17 heavy (non-hydrogen) atoms. The van der Waals surface area contributed by atoms with Crippen LogP contribution in [-0.2, 0) is 12.8 Å². The van der Waals surface area contributed by atoms with Crippen molar-refractivity contribution in [2.75, 3.05) is 0 Å². The minimum Gasteiger partial charge on any atom is -0.282 e. The molecule has 0 bridgehead atoms. The predicted molar refractivity (Wildman–Crippen MR) is 70.5 cm³/mol. The fraction of sp³-hybridized carbons (Fsp3) is 0.500. The number of fused-ring (bicyclic) bond motifs is 1. The van der Waals surface area contributed by atoms with Gasteiger partial charge in [0.1, 0.15) is 0 Å². The van der Waals surface area contributed by atoms with Crippen molar-refractivity contribution in [2.24, 2.45) is 0 Å². The fourth-order valence-corrected chi connectivity index (χ4v) is 3.93. The number of aromatic nitrogens is 2. The van der Waals surface area contributed by atoms with Crippen LogP contribution in [0.15, 0.2) is 11.4 Å². The largest absolute Gasteiger partial charge is 0.282 e. The molecule has 0 amide bonds. The maximum atomic E-state index is 4.51. The van der Waals surface area contributed by atoms with Crippen LogP contribution in [0.3, 0.4) is 0 Å². The number of aryl methyl sites for hydroxylation is 1. The Hall–Kier alpha value is -1.09. The van der Waals surface area contributed by atoms with Crippen molar-refractivity contribution in [3.8, 4) is 11.3 Å². The van der Waals surface area contributed by atoms with Crippen LogP contribution in [0.2, 0.25) is 0 Å². The highest BCUT2D eigenvalue weighted by molar-refractivity contribution is 7.10. The van der Waals surface area contributed by atoms with E-state index in [1.165, 1.54) is 55.5 Å². The van der Waals surface area contributed by atoms with Gasteiger partial charge in [-0.05, 0) is 50.2 Å². The van der Waals surface area contributed by atoms with Crippen LogP contribution in [0.25, 0.3) is 11.3 Å². The molecule has 0 aromatic carbocycles. The molecule has 0 radical (unpaired) electrons. The Bertz CT molecular complexity index is 548. The summed E-state index contributed by atoms with van der Waals surface area (Å²) in [6.45, 7) is 0. The molecule has 1 fully saturated rings. The van der Waals surface area contributed by atoms with Gasteiger partial charge in [-0.3, -0.25) is 5.10 Å². The number of nitrogens with zero attached hydrogens (tertiary/aromatic N) is 1. The first-order valence-corrected chi connectivity index (χ1v) is 7.44. The summed E-state index contributed by atoms with van der Waals surface area (Å²) < 4.78 is 0. The van der Waals surface area contributed by atoms with Crippen molar-refractivity contribution in [1.82, 2.24) is 10.2 Å². The monoisotopic (exact) mass is 244 g/mol. The Balaban J connectivity index is 1.74. The highest BCUT2D eigenvalue weighted by Crippen LogP contribution is 2.41. The molecule has 4 rings (SSSR count). The topological polar surface area (TPSA) is 28.7 Å². The van der Waals surface area contributed by atoms with Crippen LogP contribution >= 0.6 is 11.3 Å². The zero-order chi connectivity index (χ0) is 11.2. The van der Waals surface area contributed by atoms with Crippen LogP contribution in [0.5, 0.6) is 0 Å².